The van der Waals surface area contributed by atoms with Gasteiger partial charge in [0.1, 0.15) is 0 Å². The van der Waals surface area contributed by atoms with Gasteiger partial charge in [-0.3, -0.25) is 0 Å². The standard InChI is InChI=1S/C13H15NO/c14-13(8-9-15)12-7-3-5-10-4-1-2-6-11(10)12/h1-7,13,15H,8-9,14H2. The average Bonchev–Trinajstić information content (AvgIpc) is 2.28. The van der Waals surface area contributed by atoms with Gasteiger partial charge in [-0.2, -0.15) is 0 Å². The van der Waals surface area contributed by atoms with Crippen molar-refractivity contribution in [3.63, 3.8) is 0 Å². The molecule has 1 unspecified atom stereocenters. The van der Waals surface area contributed by atoms with Gasteiger partial charge in [-0.15, -0.1) is 0 Å². The molecule has 0 aliphatic carbocycles. The van der Waals surface area contributed by atoms with E-state index in [2.05, 4.69) is 18.2 Å². The largest absolute Gasteiger partial charge is 0.396 e. The molecule has 2 aromatic rings. The summed E-state index contributed by atoms with van der Waals surface area (Å²) < 4.78 is 0. The first-order chi connectivity index (χ1) is 7.33. The van der Waals surface area contributed by atoms with Crippen LogP contribution in [0.25, 0.3) is 10.8 Å². The highest BCUT2D eigenvalue weighted by Gasteiger charge is 2.08. The number of rotatable bonds is 3. The van der Waals surface area contributed by atoms with Gasteiger partial charge < -0.3 is 10.8 Å². The Balaban J connectivity index is 2.50. The Morgan fingerprint density at radius 1 is 1.07 bits per heavy atom. The number of aliphatic hydroxyl groups is 1. The molecule has 0 saturated carbocycles. The van der Waals surface area contributed by atoms with Gasteiger partial charge in [0.2, 0.25) is 0 Å². The number of fused-ring (bicyclic) bond motifs is 1. The molecule has 0 amide bonds. The van der Waals surface area contributed by atoms with Gasteiger partial charge in [0, 0.05) is 12.6 Å². The molecule has 2 rings (SSSR count). The maximum absolute atomic E-state index is 8.89. The van der Waals surface area contributed by atoms with Crippen LogP contribution in [0.3, 0.4) is 0 Å². The maximum atomic E-state index is 8.89. The molecular weight excluding hydrogens is 186 g/mol. The van der Waals surface area contributed by atoms with Gasteiger partial charge >= 0.3 is 0 Å². The van der Waals surface area contributed by atoms with Crippen LogP contribution in [0.2, 0.25) is 0 Å². The van der Waals surface area contributed by atoms with E-state index in [1.54, 1.807) is 0 Å². The summed E-state index contributed by atoms with van der Waals surface area (Å²) in [7, 11) is 0. The Bertz CT molecular complexity index is 448. The molecular formula is C13H15NO. The minimum atomic E-state index is -0.0823. The van der Waals surface area contributed by atoms with Crippen LogP contribution in [-0.4, -0.2) is 11.7 Å². The Hall–Kier alpha value is -1.38. The summed E-state index contributed by atoms with van der Waals surface area (Å²) in [5, 5.41) is 11.3. The lowest BCUT2D eigenvalue weighted by Crippen LogP contribution is -2.12. The van der Waals surface area contributed by atoms with E-state index < -0.39 is 0 Å². The average molecular weight is 201 g/mol. The molecule has 0 saturated heterocycles. The molecule has 2 nitrogen and oxygen atoms in total. The second-order valence-corrected chi connectivity index (χ2v) is 3.69. The fraction of sp³-hybridized carbons (Fsp3) is 0.231. The van der Waals surface area contributed by atoms with Crippen LogP contribution in [-0.2, 0) is 0 Å². The second kappa shape index (κ2) is 4.43. The molecule has 78 valence electrons. The van der Waals surface area contributed by atoms with E-state index in [0.717, 1.165) is 5.56 Å². The molecule has 2 aromatic carbocycles. The van der Waals surface area contributed by atoms with E-state index in [1.165, 1.54) is 10.8 Å². The van der Waals surface area contributed by atoms with Crippen molar-refractivity contribution in [2.75, 3.05) is 6.61 Å². The third-order valence-electron chi connectivity index (χ3n) is 2.66. The second-order valence-electron chi connectivity index (χ2n) is 3.69. The van der Waals surface area contributed by atoms with E-state index in [1.807, 2.05) is 24.3 Å². The summed E-state index contributed by atoms with van der Waals surface area (Å²) in [5.74, 6) is 0. The monoisotopic (exact) mass is 201 g/mol. The zero-order valence-corrected chi connectivity index (χ0v) is 8.56. The lowest BCUT2D eigenvalue weighted by atomic mass is 9.98. The van der Waals surface area contributed by atoms with E-state index in [4.69, 9.17) is 10.8 Å². The van der Waals surface area contributed by atoms with Crippen molar-refractivity contribution >= 4 is 10.8 Å². The Morgan fingerprint density at radius 2 is 1.80 bits per heavy atom. The van der Waals surface area contributed by atoms with Gasteiger partial charge in [0.25, 0.3) is 0 Å². The summed E-state index contributed by atoms with van der Waals surface area (Å²) in [6.45, 7) is 0.129. The molecule has 0 aromatic heterocycles. The van der Waals surface area contributed by atoms with Gasteiger partial charge in [-0.05, 0) is 22.8 Å². The van der Waals surface area contributed by atoms with Gasteiger partial charge in [0.15, 0.2) is 0 Å². The molecule has 0 heterocycles. The molecule has 3 N–H and O–H groups in total. The molecule has 1 atom stereocenters. The number of benzene rings is 2. The van der Waals surface area contributed by atoms with Crippen LogP contribution in [0.5, 0.6) is 0 Å². The van der Waals surface area contributed by atoms with Gasteiger partial charge in [0.05, 0.1) is 0 Å². The maximum Gasteiger partial charge on any atom is 0.0449 e. The lowest BCUT2D eigenvalue weighted by Gasteiger charge is -2.13. The Morgan fingerprint density at radius 3 is 2.60 bits per heavy atom. The highest BCUT2D eigenvalue weighted by molar-refractivity contribution is 5.86. The van der Waals surface area contributed by atoms with Crippen LogP contribution < -0.4 is 5.73 Å². The van der Waals surface area contributed by atoms with Crippen LogP contribution in [0.15, 0.2) is 42.5 Å². The van der Waals surface area contributed by atoms with E-state index >= 15 is 0 Å². The fourth-order valence-electron chi connectivity index (χ4n) is 1.87. The molecule has 2 heteroatoms. The quantitative estimate of drug-likeness (QED) is 0.799. The van der Waals surface area contributed by atoms with Crippen molar-refractivity contribution < 1.29 is 5.11 Å². The summed E-state index contributed by atoms with van der Waals surface area (Å²) in [5.41, 5.74) is 7.12. The molecule has 0 bridgehead atoms. The first-order valence-electron chi connectivity index (χ1n) is 5.17. The Labute approximate surface area is 89.3 Å². The van der Waals surface area contributed by atoms with Crippen molar-refractivity contribution in [1.29, 1.82) is 0 Å². The van der Waals surface area contributed by atoms with Crippen molar-refractivity contribution in [2.24, 2.45) is 5.73 Å². The van der Waals surface area contributed by atoms with Gasteiger partial charge in [-0.1, -0.05) is 42.5 Å². The van der Waals surface area contributed by atoms with Crippen LogP contribution in [0.4, 0.5) is 0 Å². The van der Waals surface area contributed by atoms with E-state index in [0.29, 0.717) is 6.42 Å². The van der Waals surface area contributed by atoms with E-state index in [-0.39, 0.29) is 12.6 Å². The smallest absolute Gasteiger partial charge is 0.0449 e. The van der Waals surface area contributed by atoms with Crippen LogP contribution in [0.1, 0.15) is 18.0 Å². The Kier molecular flexibility index (Phi) is 2.99. The highest BCUT2D eigenvalue weighted by Crippen LogP contribution is 2.24. The number of nitrogens with two attached hydrogens (primary N) is 1. The highest BCUT2D eigenvalue weighted by atomic mass is 16.3. The minimum absolute atomic E-state index is 0.0823. The molecule has 0 aliphatic rings. The molecule has 0 spiro atoms. The van der Waals surface area contributed by atoms with Crippen molar-refractivity contribution in [3.8, 4) is 0 Å². The first-order valence-corrected chi connectivity index (χ1v) is 5.17. The zero-order valence-electron chi connectivity index (χ0n) is 8.56. The third-order valence-corrected chi connectivity index (χ3v) is 2.66. The third kappa shape index (κ3) is 2.01. The van der Waals surface area contributed by atoms with Crippen LogP contribution in [0, 0.1) is 0 Å². The summed E-state index contributed by atoms with van der Waals surface area (Å²) in [4.78, 5) is 0. The SMILES string of the molecule is NC(CCO)c1cccc2ccccc12. The molecule has 0 fully saturated rings. The zero-order chi connectivity index (χ0) is 10.7. The summed E-state index contributed by atoms with van der Waals surface area (Å²) >= 11 is 0. The topological polar surface area (TPSA) is 46.2 Å². The lowest BCUT2D eigenvalue weighted by molar-refractivity contribution is 0.277. The molecule has 0 radical (unpaired) electrons. The van der Waals surface area contributed by atoms with Crippen molar-refractivity contribution in [1.82, 2.24) is 0 Å². The van der Waals surface area contributed by atoms with E-state index in [9.17, 15) is 0 Å². The number of hydrogen-bond donors (Lipinski definition) is 2. The minimum Gasteiger partial charge on any atom is -0.396 e. The predicted octanol–water partition coefficient (Wildman–Crippen LogP) is 2.22. The summed E-state index contributed by atoms with van der Waals surface area (Å²) in [6.07, 6.45) is 0.605. The van der Waals surface area contributed by atoms with Crippen molar-refractivity contribution in [3.05, 3.63) is 48.0 Å². The normalized spacial score (nSPS) is 12.9. The summed E-state index contributed by atoms with van der Waals surface area (Å²) in [6, 6.07) is 14.2. The van der Waals surface area contributed by atoms with Crippen molar-refractivity contribution in [2.45, 2.75) is 12.5 Å². The number of aliphatic hydroxyl groups excluding tert-OH is 1. The van der Waals surface area contributed by atoms with Gasteiger partial charge in [-0.25, -0.2) is 0 Å². The van der Waals surface area contributed by atoms with Crippen LogP contribution >= 0.6 is 0 Å². The molecule has 15 heavy (non-hydrogen) atoms. The predicted molar refractivity (Wildman–Crippen MR) is 62.6 cm³/mol. The molecule has 0 aliphatic heterocycles. The number of hydrogen-bond acceptors (Lipinski definition) is 2. The fourth-order valence-corrected chi connectivity index (χ4v) is 1.87. The first kappa shape index (κ1) is 10.1.